The van der Waals surface area contributed by atoms with E-state index < -0.39 is 0 Å². The average Bonchev–Trinajstić information content (AvgIpc) is 3.14. The summed E-state index contributed by atoms with van der Waals surface area (Å²) >= 11 is 1.39. The molecule has 140 valence electrons. The number of thiazole rings is 1. The number of nitrogens with zero attached hydrogens (tertiary/aromatic N) is 1. The van der Waals surface area contributed by atoms with Crippen molar-refractivity contribution in [1.82, 2.24) is 15.6 Å². The van der Waals surface area contributed by atoms with Crippen LogP contribution in [0.5, 0.6) is 0 Å². The van der Waals surface area contributed by atoms with E-state index in [9.17, 15) is 4.79 Å². The number of piperidine rings is 1. The molecule has 0 aliphatic carbocycles. The molecule has 0 radical (unpaired) electrons. The number of furan rings is 1. The van der Waals surface area contributed by atoms with E-state index in [0.717, 1.165) is 48.3 Å². The number of nitrogens with one attached hydrogen (secondary N) is 2. The topological polar surface area (TPSA) is 67.2 Å². The molecule has 8 heteroatoms. The van der Waals surface area contributed by atoms with Crippen LogP contribution < -0.4 is 10.6 Å². The van der Waals surface area contributed by atoms with Gasteiger partial charge in [-0.15, -0.1) is 36.2 Å². The van der Waals surface area contributed by atoms with Crippen molar-refractivity contribution in [2.75, 3.05) is 19.6 Å². The lowest BCUT2D eigenvalue weighted by Crippen LogP contribution is -2.33. The van der Waals surface area contributed by atoms with Crippen LogP contribution in [0.15, 0.2) is 16.5 Å². The van der Waals surface area contributed by atoms with Crippen LogP contribution in [0.1, 0.15) is 40.4 Å². The van der Waals surface area contributed by atoms with Gasteiger partial charge in [-0.25, -0.2) is 4.98 Å². The van der Waals surface area contributed by atoms with Gasteiger partial charge in [0.25, 0.3) is 5.91 Å². The zero-order valence-electron chi connectivity index (χ0n) is 14.5. The van der Waals surface area contributed by atoms with E-state index in [0.29, 0.717) is 10.8 Å². The number of halogens is 2. The maximum atomic E-state index is 12.4. The molecule has 0 bridgehead atoms. The first-order chi connectivity index (χ1) is 11.1. The minimum Gasteiger partial charge on any atom is -0.459 e. The molecule has 0 spiro atoms. The highest BCUT2D eigenvalue weighted by molar-refractivity contribution is 7.17. The van der Waals surface area contributed by atoms with Gasteiger partial charge in [0.1, 0.15) is 10.6 Å². The number of hydrogen-bond donors (Lipinski definition) is 2. The molecule has 0 aromatic carbocycles. The first-order valence-corrected chi connectivity index (χ1v) is 8.98. The highest BCUT2D eigenvalue weighted by Gasteiger charge is 2.18. The molecule has 1 aliphatic heterocycles. The second-order valence-electron chi connectivity index (χ2n) is 6.10. The molecule has 1 aliphatic rings. The van der Waals surface area contributed by atoms with E-state index in [1.807, 2.05) is 26.0 Å². The van der Waals surface area contributed by atoms with Gasteiger partial charge in [0.15, 0.2) is 10.8 Å². The molecule has 1 saturated heterocycles. The van der Waals surface area contributed by atoms with Gasteiger partial charge >= 0.3 is 0 Å². The number of hydrogen-bond acceptors (Lipinski definition) is 5. The van der Waals surface area contributed by atoms with Gasteiger partial charge in [0.05, 0.1) is 5.69 Å². The lowest BCUT2D eigenvalue weighted by Gasteiger charge is -2.22. The fraction of sp³-hybridized carbons (Fsp3) is 0.529. The molecule has 25 heavy (non-hydrogen) atoms. The van der Waals surface area contributed by atoms with E-state index in [4.69, 9.17) is 4.42 Å². The minimum absolute atomic E-state index is 0. The molecule has 1 amide bonds. The second-order valence-corrected chi connectivity index (χ2v) is 7.10. The lowest BCUT2D eigenvalue weighted by atomic mass is 9.96. The van der Waals surface area contributed by atoms with Gasteiger partial charge in [0, 0.05) is 6.54 Å². The summed E-state index contributed by atoms with van der Waals surface area (Å²) in [5.41, 5.74) is 0.760. The summed E-state index contributed by atoms with van der Waals surface area (Å²) in [7, 11) is 0. The molecule has 2 aromatic rings. The molecule has 2 aromatic heterocycles. The van der Waals surface area contributed by atoms with Crippen molar-refractivity contribution in [1.29, 1.82) is 0 Å². The Morgan fingerprint density at radius 3 is 2.84 bits per heavy atom. The number of carbonyl (C=O) groups excluding carboxylic acids is 1. The van der Waals surface area contributed by atoms with Gasteiger partial charge < -0.3 is 15.1 Å². The largest absolute Gasteiger partial charge is 0.459 e. The third-order valence-corrected chi connectivity index (χ3v) is 5.36. The maximum absolute atomic E-state index is 12.4. The molecule has 1 atom stereocenters. The molecule has 1 unspecified atom stereocenters. The summed E-state index contributed by atoms with van der Waals surface area (Å²) in [6.07, 6.45) is 3.52. The van der Waals surface area contributed by atoms with Crippen LogP contribution in [0, 0.1) is 19.8 Å². The summed E-state index contributed by atoms with van der Waals surface area (Å²) in [5, 5.41) is 7.20. The van der Waals surface area contributed by atoms with Crippen LogP contribution >= 0.6 is 36.2 Å². The van der Waals surface area contributed by atoms with Gasteiger partial charge in [-0.3, -0.25) is 4.79 Å². The quantitative estimate of drug-likeness (QED) is 0.788. The van der Waals surface area contributed by atoms with Crippen molar-refractivity contribution in [3.8, 4) is 10.8 Å². The number of amides is 1. The van der Waals surface area contributed by atoms with E-state index in [-0.39, 0.29) is 30.7 Å². The maximum Gasteiger partial charge on any atom is 0.263 e. The van der Waals surface area contributed by atoms with E-state index >= 15 is 0 Å². The Hall–Kier alpha value is -1.08. The normalized spacial score (nSPS) is 16.6. The summed E-state index contributed by atoms with van der Waals surface area (Å²) in [5.74, 6) is 2.22. The van der Waals surface area contributed by atoms with Gasteiger partial charge in [0.2, 0.25) is 0 Å². The summed E-state index contributed by atoms with van der Waals surface area (Å²) in [6, 6.07) is 3.80. The van der Waals surface area contributed by atoms with Gasteiger partial charge in [-0.05, 0) is 64.3 Å². The minimum atomic E-state index is -0.0294. The van der Waals surface area contributed by atoms with Crippen LogP contribution in [0.25, 0.3) is 10.8 Å². The van der Waals surface area contributed by atoms with Crippen LogP contribution in [-0.4, -0.2) is 30.5 Å². The van der Waals surface area contributed by atoms with Crippen molar-refractivity contribution in [3.05, 3.63) is 28.5 Å². The standard InChI is InChI=1S/C17H23N3O2S.2ClH/c1-11-5-6-14(22-11)17-20-12(2)15(23-17)16(21)19-9-7-13-4-3-8-18-10-13;;/h5-6,13,18H,3-4,7-10H2,1-2H3,(H,19,21);2*1H. The molecule has 3 rings (SSSR count). The third-order valence-electron chi connectivity index (χ3n) is 4.19. The predicted octanol–water partition coefficient (Wildman–Crippen LogP) is 3.98. The number of carbonyl (C=O) groups is 1. The Kier molecular flexibility index (Phi) is 8.93. The van der Waals surface area contributed by atoms with Crippen LogP contribution in [-0.2, 0) is 0 Å². The Bertz CT molecular complexity index is 681. The Labute approximate surface area is 164 Å². The van der Waals surface area contributed by atoms with Crippen molar-refractivity contribution in [2.24, 2.45) is 5.92 Å². The van der Waals surface area contributed by atoms with Gasteiger partial charge in [-0.1, -0.05) is 0 Å². The smallest absolute Gasteiger partial charge is 0.263 e. The number of aryl methyl sites for hydroxylation is 2. The van der Waals surface area contributed by atoms with Gasteiger partial charge in [-0.2, -0.15) is 0 Å². The molecular weight excluding hydrogens is 381 g/mol. The lowest BCUT2D eigenvalue weighted by molar-refractivity contribution is 0.0954. The monoisotopic (exact) mass is 405 g/mol. The molecule has 3 heterocycles. The average molecular weight is 406 g/mol. The van der Waals surface area contributed by atoms with Crippen molar-refractivity contribution in [3.63, 3.8) is 0 Å². The first kappa shape index (κ1) is 22.0. The van der Waals surface area contributed by atoms with E-state index in [1.54, 1.807) is 0 Å². The van der Waals surface area contributed by atoms with E-state index in [2.05, 4.69) is 15.6 Å². The first-order valence-electron chi connectivity index (χ1n) is 8.16. The van der Waals surface area contributed by atoms with Crippen LogP contribution in [0.3, 0.4) is 0 Å². The highest BCUT2D eigenvalue weighted by Crippen LogP contribution is 2.29. The Morgan fingerprint density at radius 2 is 2.20 bits per heavy atom. The number of rotatable bonds is 5. The fourth-order valence-corrected chi connectivity index (χ4v) is 3.85. The summed E-state index contributed by atoms with van der Waals surface area (Å²) < 4.78 is 5.59. The third kappa shape index (κ3) is 5.71. The van der Waals surface area contributed by atoms with Crippen LogP contribution in [0.4, 0.5) is 0 Å². The predicted molar refractivity (Wildman–Crippen MR) is 106 cm³/mol. The molecular formula is C17H25Cl2N3O2S. The SMILES string of the molecule is Cc1ccc(-c2nc(C)c(C(=O)NCCC3CCCNC3)s2)o1.Cl.Cl. The molecule has 5 nitrogen and oxygen atoms in total. The zero-order valence-corrected chi connectivity index (χ0v) is 16.9. The Balaban J connectivity index is 0.00000156. The second kappa shape index (κ2) is 10.2. The Morgan fingerprint density at radius 1 is 1.40 bits per heavy atom. The zero-order chi connectivity index (χ0) is 16.2. The molecule has 2 N–H and O–H groups in total. The van der Waals surface area contributed by atoms with E-state index in [1.165, 1.54) is 24.2 Å². The van der Waals surface area contributed by atoms with Crippen molar-refractivity contribution in [2.45, 2.75) is 33.1 Å². The highest BCUT2D eigenvalue weighted by atomic mass is 35.5. The van der Waals surface area contributed by atoms with Crippen molar-refractivity contribution < 1.29 is 9.21 Å². The summed E-state index contributed by atoms with van der Waals surface area (Å²) in [4.78, 5) is 17.5. The summed E-state index contributed by atoms with van der Waals surface area (Å²) in [6.45, 7) is 6.68. The van der Waals surface area contributed by atoms with Crippen molar-refractivity contribution >= 4 is 42.1 Å². The number of aromatic nitrogens is 1. The molecule has 0 saturated carbocycles. The fourth-order valence-electron chi connectivity index (χ4n) is 2.90. The molecule has 1 fully saturated rings. The van der Waals surface area contributed by atoms with Crippen LogP contribution in [0.2, 0.25) is 0 Å².